The molecular formula is C32H30ClFN4O3. The van der Waals surface area contributed by atoms with Crippen molar-refractivity contribution in [3.63, 3.8) is 0 Å². The van der Waals surface area contributed by atoms with Crippen LogP contribution < -0.4 is 19.5 Å². The molecule has 6 rings (SSSR count). The van der Waals surface area contributed by atoms with Crippen molar-refractivity contribution in [2.75, 3.05) is 32.6 Å². The first-order valence-corrected chi connectivity index (χ1v) is 13.8. The van der Waals surface area contributed by atoms with E-state index in [-0.39, 0.29) is 11.1 Å². The van der Waals surface area contributed by atoms with Gasteiger partial charge in [-0.1, -0.05) is 36.4 Å². The zero-order chi connectivity index (χ0) is 28.5. The van der Waals surface area contributed by atoms with Gasteiger partial charge in [0.1, 0.15) is 29.8 Å². The van der Waals surface area contributed by atoms with E-state index in [2.05, 4.69) is 26.8 Å². The van der Waals surface area contributed by atoms with Gasteiger partial charge >= 0.3 is 0 Å². The summed E-state index contributed by atoms with van der Waals surface area (Å²) in [4.78, 5) is 11.3. The van der Waals surface area contributed by atoms with Gasteiger partial charge in [-0.15, -0.1) is 0 Å². The number of benzene rings is 3. The monoisotopic (exact) mass is 572 g/mol. The lowest BCUT2D eigenvalue weighted by Crippen LogP contribution is -2.53. The van der Waals surface area contributed by atoms with Gasteiger partial charge in [0.2, 0.25) is 0 Å². The van der Waals surface area contributed by atoms with Gasteiger partial charge in [-0.25, -0.2) is 14.4 Å². The minimum atomic E-state index is -0.481. The predicted molar refractivity (Wildman–Crippen MR) is 160 cm³/mol. The van der Waals surface area contributed by atoms with E-state index in [0.29, 0.717) is 45.4 Å². The summed E-state index contributed by atoms with van der Waals surface area (Å²) in [7, 11) is 3.19. The molecule has 1 N–H and O–H groups in total. The number of fused-ring (bicyclic) bond motifs is 1. The minimum absolute atomic E-state index is 0.0161. The molecule has 1 aliphatic heterocycles. The fraction of sp³-hybridized carbons (Fsp3) is 0.250. The van der Waals surface area contributed by atoms with E-state index in [1.54, 1.807) is 44.6 Å². The van der Waals surface area contributed by atoms with Crippen LogP contribution in [0.5, 0.6) is 17.2 Å². The highest BCUT2D eigenvalue weighted by Crippen LogP contribution is 2.40. The lowest BCUT2D eigenvalue weighted by atomic mass is 9.89. The number of ether oxygens (including phenoxy) is 3. The number of hydrogen-bond donors (Lipinski definition) is 1. The number of likely N-dealkylation sites (tertiary alicyclic amines) is 1. The Morgan fingerprint density at radius 1 is 1.05 bits per heavy atom. The van der Waals surface area contributed by atoms with Crippen molar-refractivity contribution in [3.05, 3.63) is 89.6 Å². The third-order valence-corrected chi connectivity index (χ3v) is 7.92. The van der Waals surface area contributed by atoms with Crippen molar-refractivity contribution >= 4 is 34.0 Å². The van der Waals surface area contributed by atoms with E-state index in [1.165, 1.54) is 30.1 Å². The Kier molecular flexibility index (Phi) is 7.41. The van der Waals surface area contributed by atoms with Crippen LogP contribution in [0, 0.1) is 5.82 Å². The summed E-state index contributed by atoms with van der Waals surface area (Å²) in [6.45, 7) is 5.58. The molecule has 1 saturated carbocycles. The Labute approximate surface area is 243 Å². The molecule has 0 atom stereocenters. The number of rotatable bonds is 9. The molecule has 1 saturated heterocycles. The molecule has 7 nitrogen and oxygen atoms in total. The molecule has 9 heteroatoms. The Balaban J connectivity index is 1.30. The molecule has 1 aromatic heterocycles. The van der Waals surface area contributed by atoms with E-state index in [9.17, 15) is 4.39 Å². The summed E-state index contributed by atoms with van der Waals surface area (Å²) < 4.78 is 32.4. The van der Waals surface area contributed by atoms with Crippen LogP contribution in [0.1, 0.15) is 19.3 Å². The van der Waals surface area contributed by atoms with E-state index in [4.69, 9.17) is 25.8 Å². The highest BCUT2D eigenvalue weighted by atomic mass is 35.5. The Hall–Kier alpha value is -4.30. The third-order valence-electron chi connectivity index (χ3n) is 7.63. The van der Waals surface area contributed by atoms with Gasteiger partial charge < -0.3 is 24.4 Å². The maximum Gasteiger partial charge on any atom is 0.162 e. The van der Waals surface area contributed by atoms with Crippen LogP contribution >= 0.6 is 11.6 Å². The molecule has 2 heterocycles. The summed E-state index contributed by atoms with van der Waals surface area (Å²) in [5.41, 5.74) is 5.04. The summed E-state index contributed by atoms with van der Waals surface area (Å²) in [5, 5.41) is 4.16. The van der Waals surface area contributed by atoms with Crippen LogP contribution in [0.15, 0.2) is 78.8 Å². The number of aromatic nitrogens is 2. The normalized spacial score (nSPS) is 14.7. The topological polar surface area (TPSA) is 68.7 Å². The molecule has 1 aliphatic carbocycles. The molecule has 210 valence electrons. The van der Waals surface area contributed by atoms with Crippen LogP contribution in [-0.2, 0) is 0 Å². The number of hydrogen-bond acceptors (Lipinski definition) is 7. The second kappa shape index (κ2) is 11.3. The lowest BCUT2D eigenvalue weighted by Gasteiger charge is -2.43. The van der Waals surface area contributed by atoms with Gasteiger partial charge in [-0.3, -0.25) is 0 Å². The highest BCUT2D eigenvalue weighted by molar-refractivity contribution is 6.31. The van der Waals surface area contributed by atoms with Gasteiger partial charge in [-0.2, -0.15) is 0 Å². The first-order chi connectivity index (χ1) is 20.0. The van der Waals surface area contributed by atoms with E-state index in [0.717, 1.165) is 31.3 Å². The molecule has 4 aromatic rings. The molecule has 41 heavy (non-hydrogen) atoms. The van der Waals surface area contributed by atoms with Crippen molar-refractivity contribution in [3.8, 4) is 28.4 Å². The maximum atomic E-state index is 14.8. The third kappa shape index (κ3) is 5.15. The fourth-order valence-corrected chi connectivity index (χ4v) is 5.41. The molecule has 0 amide bonds. The highest BCUT2D eigenvalue weighted by Gasteiger charge is 2.32. The van der Waals surface area contributed by atoms with Crippen LogP contribution in [0.2, 0.25) is 5.02 Å². The molecule has 0 radical (unpaired) electrons. The van der Waals surface area contributed by atoms with E-state index >= 15 is 0 Å². The second-order valence-corrected chi connectivity index (χ2v) is 10.5. The molecule has 0 unspecified atom stereocenters. The van der Waals surface area contributed by atoms with Gasteiger partial charge in [0.05, 0.1) is 43.5 Å². The summed E-state index contributed by atoms with van der Waals surface area (Å²) in [6, 6.07) is 14.0. The number of allylic oxidation sites excluding steroid dienone is 2. The predicted octanol–water partition coefficient (Wildman–Crippen LogP) is 7.54. The molecule has 3 aromatic carbocycles. The van der Waals surface area contributed by atoms with Crippen LogP contribution in [0.25, 0.3) is 22.0 Å². The number of methoxy groups -OCH3 is 2. The Bertz CT molecular complexity index is 1660. The first kappa shape index (κ1) is 26.9. The number of halogens is 2. The largest absolute Gasteiger partial charge is 0.495 e. The summed E-state index contributed by atoms with van der Waals surface area (Å²) in [6.07, 6.45) is 7.01. The number of nitrogens with one attached hydrogen (secondary N) is 1. The first-order valence-electron chi connectivity index (χ1n) is 13.5. The molecule has 2 aliphatic rings. The quantitative estimate of drug-likeness (QED) is 0.222. The standard InChI is InChI=1S/C32H30ClFN4O3/c1-4-27(19-7-5-8-19)38-16-21(17-38)41-30-14-23-25(15-29(30)40-3)35-18-36-32(23)37-26-13-20(11-12-28(26)39-2)22-9-6-10-24(33)31(22)34/h4,6,9-15,18,21H,1,5,7-8,16-17H2,2-3H3,(H,35,36,37). The van der Waals surface area contributed by atoms with Crippen LogP contribution in [0.4, 0.5) is 15.9 Å². The molecule has 0 bridgehead atoms. The molecular weight excluding hydrogens is 543 g/mol. The average molecular weight is 573 g/mol. The zero-order valence-electron chi connectivity index (χ0n) is 22.9. The van der Waals surface area contributed by atoms with Crippen molar-refractivity contribution in [2.24, 2.45) is 0 Å². The number of nitrogens with zero attached hydrogens (tertiary/aromatic N) is 3. The van der Waals surface area contributed by atoms with Crippen molar-refractivity contribution in [2.45, 2.75) is 25.4 Å². The lowest BCUT2D eigenvalue weighted by molar-refractivity contribution is 0.0435. The van der Waals surface area contributed by atoms with Gasteiger partial charge in [0, 0.05) is 22.7 Å². The Morgan fingerprint density at radius 2 is 1.85 bits per heavy atom. The molecule has 0 spiro atoms. The average Bonchev–Trinajstić information content (AvgIpc) is 2.94. The van der Waals surface area contributed by atoms with Crippen LogP contribution in [0.3, 0.4) is 0 Å². The summed E-state index contributed by atoms with van der Waals surface area (Å²) >= 11 is 6.04. The minimum Gasteiger partial charge on any atom is -0.495 e. The van der Waals surface area contributed by atoms with Gasteiger partial charge in [0.15, 0.2) is 11.5 Å². The second-order valence-electron chi connectivity index (χ2n) is 10.1. The SMILES string of the molecule is C=CC(=C1CCC1)N1CC(Oc2cc3c(Nc4cc(-c5cccc(Cl)c5F)ccc4OC)ncnc3cc2OC)C1. The van der Waals surface area contributed by atoms with Crippen molar-refractivity contribution in [1.29, 1.82) is 0 Å². The van der Waals surface area contributed by atoms with Crippen molar-refractivity contribution < 1.29 is 18.6 Å². The van der Waals surface area contributed by atoms with E-state index in [1.807, 2.05) is 18.2 Å². The maximum absolute atomic E-state index is 14.8. The van der Waals surface area contributed by atoms with E-state index < -0.39 is 5.82 Å². The molecule has 2 fully saturated rings. The fourth-order valence-electron chi connectivity index (χ4n) is 5.24. The summed E-state index contributed by atoms with van der Waals surface area (Å²) in [5.74, 6) is 1.84. The Morgan fingerprint density at radius 3 is 2.56 bits per heavy atom. The van der Waals surface area contributed by atoms with Crippen molar-refractivity contribution in [1.82, 2.24) is 14.9 Å². The zero-order valence-corrected chi connectivity index (χ0v) is 23.7. The van der Waals surface area contributed by atoms with Crippen LogP contribution in [-0.4, -0.2) is 48.3 Å². The van der Waals surface area contributed by atoms with Gasteiger partial charge in [-0.05, 0) is 60.7 Å². The van der Waals surface area contributed by atoms with Gasteiger partial charge in [0.25, 0.3) is 0 Å². The smallest absolute Gasteiger partial charge is 0.162 e. The number of anilines is 2.